The normalized spacial score (nSPS) is 11.1. The van der Waals surface area contributed by atoms with Crippen molar-refractivity contribution in [2.45, 2.75) is 31.7 Å². The minimum atomic E-state index is -1.28. The molecule has 0 bridgehead atoms. The fraction of sp³-hybridized carbons (Fsp3) is 0.184. The molecule has 0 N–H and O–H groups in total. The quantitative estimate of drug-likeness (QED) is 0.113. The van der Waals surface area contributed by atoms with E-state index in [4.69, 9.17) is 23.9 Å². The van der Waals surface area contributed by atoms with Gasteiger partial charge in [0, 0.05) is 17.7 Å². The Bertz CT molecular complexity index is 1670. The fourth-order valence-electron chi connectivity index (χ4n) is 5.16. The van der Waals surface area contributed by atoms with Gasteiger partial charge in [-0.05, 0) is 64.6 Å². The molecule has 8 heteroatoms. The van der Waals surface area contributed by atoms with Crippen LogP contribution in [0.25, 0.3) is 11.3 Å². The lowest BCUT2D eigenvalue weighted by Gasteiger charge is -2.36. The molecule has 46 heavy (non-hydrogen) atoms. The van der Waals surface area contributed by atoms with E-state index in [9.17, 15) is 14.7 Å². The van der Waals surface area contributed by atoms with Crippen molar-refractivity contribution in [2.24, 2.45) is 0 Å². The van der Waals surface area contributed by atoms with Crippen LogP contribution in [0.5, 0.6) is 11.5 Å². The summed E-state index contributed by atoms with van der Waals surface area (Å²) in [6.45, 7) is 0.337. The Hall–Kier alpha value is -5.47. The van der Waals surface area contributed by atoms with Crippen LogP contribution in [0.15, 0.2) is 121 Å². The number of ether oxygens (including phenoxy) is 4. The largest absolute Gasteiger partial charge is 0.550 e. The highest BCUT2D eigenvalue weighted by Gasteiger charge is 2.38. The Morgan fingerprint density at radius 3 is 1.74 bits per heavy atom. The van der Waals surface area contributed by atoms with E-state index < -0.39 is 17.5 Å². The van der Waals surface area contributed by atoms with Crippen molar-refractivity contribution in [3.8, 4) is 22.8 Å². The number of hydrogen-bond acceptors (Lipinski definition) is 8. The highest BCUT2D eigenvalue weighted by Crippen LogP contribution is 2.42. The molecular weight excluding hydrogens is 582 g/mol. The molecule has 0 amide bonds. The Labute approximate surface area is 268 Å². The van der Waals surface area contributed by atoms with Crippen LogP contribution in [0.4, 0.5) is 0 Å². The molecule has 0 spiro atoms. The Morgan fingerprint density at radius 1 is 0.652 bits per heavy atom. The van der Waals surface area contributed by atoms with E-state index in [1.54, 1.807) is 20.4 Å². The van der Waals surface area contributed by atoms with Crippen molar-refractivity contribution in [3.63, 3.8) is 0 Å². The maximum Gasteiger partial charge on any atom is 0.306 e. The van der Waals surface area contributed by atoms with Crippen molar-refractivity contribution in [1.82, 2.24) is 4.98 Å². The van der Waals surface area contributed by atoms with E-state index in [0.717, 1.165) is 50.6 Å². The van der Waals surface area contributed by atoms with Crippen LogP contribution in [-0.2, 0) is 37.9 Å². The zero-order chi connectivity index (χ0) is 32.4. The number of benzene rings is 4. The fourth-order valence-corrected chi connectivity index (χ4v) is 5.16. The predicted molar refractivity (Wildman–Crippen MR) is 171 cm³/mol. The highest BCUT2D eigenvalue weighted by atomic mass is 16.5. The molecule has 8 nitrogen and oxygen atoms in total. The van der Waals surface area contributed by atoms with Gasteiger partial charge >= 0.3 is 5.97 Å². The average molecular weight is 617 g/mol. The van der Waals surface area contributed by atoms with Crippen LogP contribution in [0, 0.1) is 0 Å². The lowest BCUT2D eigenvalue weighted by Crippen LogP contribution is -2.32. The van der Waals surface area contributed by atoms with E-state index in [1.165, 1.54) is 0 Å². The number of methoxy groups -OCH3 is 2. The maximum absolute atomic E-state index is 11.7. The van der Waals surface area contributed by atoms with Crippen LogP contribution in [0.3, 0.4) is 0 Å². The first-order chi connectivity index (χ1) is 22.4. The van der Waals surface area contributed by atoms with Gasteiger partial charge in [0.2, 0.25) is 0 Å². The number of pyridine rings is 1. The zero-order valence-electron chi connectivity index (χ0n) is 25.7. The zero-order valence-corrected chi connectivity index (χ0v) is 25.7. The summed E-state index contributed by atoms with van der Waals surface area (Å²) in [6, 6.07) is 37.4. The van der Waals surface area contributed by atoms with Crippen molar-refractivity contribution >= 4 is 11.9 Å². The third kappa shape index (κ3) is 7.60. The summed E-state index contributed by atoms with van der Waals surface area (Å²) in [7, 11) is 3.29. The third-order valence-electron chi connectivity index (χ3n) is 7.64. The van der Waals surface area contributed by atoms with Gasteiger partial charge in [0.1, 0.15) is 23.7 Å². The molecule has 1 heterocycles. The average Bonchev–Trinajstić information content (AvgIpc) is 3.11. The number of rotatable bonds is 14. The first-order valence-electron chi connectivity index (χ1n) is 14.8. The summed E-state index contributed by atoms with van der Waals surface area (Å²) >= 11 is 0. The maximum atomic E-state index is 11.7. The molecule has 4 aromatic carbocycles. The van der Waals surface area contributed by atoms with Crippen LogP contribution < -0.4 is 14.6 Å². The first kappa shape index (κ1) is 31.9. The van der Waals surface area contributed by atoms with Gasteiger partial charge in [-0.15, -0.1) is 0 Å². The van der Waals surface area contributed by atoms with Gasteiger partial charge < -0.3 is 28.8 Å². The predicted octanol–water partition coefficient (Wildman–Crippen LogP) is 5.85. The number of hydrogen-bond donors (Lipinski definition) is 0. The number of nitrogens with zero attached hydrogens (tertiary/aromatic N) is 1. The molecule has 0 saturated carbocycles. The van der Waals surface area contributed by atoms with Crippen molar-refractivity contribution < 1.29 is 33.6 Å². The minimum Gasteiger partial charge on any atom is -0.550 e. The molecule has 0 aliphatic carbocycles. The molecule has 0 radical (unpaired) electrons. The first-order valence-corrected chi connectivity index (χ1v) is 14.8. The lowest BCUT2D eigenvalue weighted by molar-refractivity contribution is -0.305. The second-order valence-corrected chi connectivity index (χ2v) is 10.6. The molecule has 0 aliphatic rings. The van der Waals surface area contributed by atoms with E-state index in [-0.39, 0.29) is 26.1 Å². The van der Waals surface area contributed by atoms with Crippen molar-refractivity contribution in [2.75, 3.05) is 14.2 Å². The van der Waals surface area contributed by atoms with E-state index in [1.807, 2.05) is 103 Å². The smallest absolute Gasteiger partial charge is 0.306 e. The van der Waals surface area contributed by atoms with Crippen LogP contribution in [0.2, 0.25) is 0 Å². The molecule has 0 aliphatic heterocycles. The van der Waals surface area contributed by atoms with Crippen LogP contribution in [-0.4, -0.2) is 31.1 Å². The van der Waals surface area contributed by atoms with E-state index in [0.29, 0.717) is 0 Å². The molecule has 0 unspecified atom stereocenters. The van der Waals surface area contributed by atoms with Gasteiger partial charge in [-0.3, -0.25) is 9.78 Å². The third-order valence-corrected chi connectivity index (χ3v) is 7.64. The Balaban J connectivity index is 1.37. The summed E-state index contributed by atoms with van der Waals surface area (Å²) in [5.74, 6) is -0.357. The van der Waals surface area contributed by atoms with Gasteiger partial charge in [0.05, 0.1) is 32.9 Å². The van der Waals surface area contributed by atoms with Gasteiger partial charge in [0.15, 0.2) is 0 Å². The molecule has 0 saturated heterocycles. The molecular formula is C38H34NO7-. The number of carbonyl (C=O) groups is 2. The van der Waals surface area contributed by atoms with Crippen LogP contribution in [0.1, 0.15) is 40.7 Å². The van der Waals surface area contributed by atoms with E-state index in [2.05, 4.69) is 12.1 Å². The monoisotopic (exact) mass is 616 g/mol. The molecule has 0 fully saturated rings. The Morgan fingerprint density at radius 2 is 1.22 bits per heavy atom. The standard InChI is InChI=1S/C38H35NO7/c1-43-33-17-13-31(14-18-33)38(30-6-4-3-5-7-30,32-15-19-34(44-2)20-16-32)46-26-28-10-21-35(39-24-28)29-11-8-27(9-12-29)25-45-37(42)23-22-36(40)41/h3-21,24H,22-23,25-26H2,1-2H3,(H,40,41)/p-1. The summed E-state index contributed by atoms with van der Waals surface area (Å²) in [4.78, 5) is 26.9. The van der Waals surface area contributed by atoms with Gasteiger partial charge in [-0.1, -0.05) is 84.9 Å². The minimum absolute atomic E-state index is 0.0570. The number of carbonyl (C=O) groups excluding carboxylic acids is 2. The van der Waals surface area contributed by atoms with Gasteiger partial charge in [-0.25, -0.2) is 0 Å². The molecule has 1 aromatic heterocycles. The molecule has 0 atom stereocenters. The second-order valence-electron chi connectivity index (χ2n) is 10.6. The van der Waals surface area contributed by atoms with Gasteiger partial charge in [-0.2, -0.15) is 0 Å². The Kier molecular flexibility index (Phi) is 10.4. The summed E-state index contributed by atoms with van der Waals surface area (Å²) in [5.41, 5.74) is 5.27. The molecule has 5 rings (SSSR count). The number of carboxylic acid groups (broad SMARTS) is 1. The van der Waals surface area contributed by atoms with Gasteiger partial charge in [0.25, 0.3) is 0 Å². The molecule has 234 valence electrons. The summed E-state index contributed by atoms with van der Waals surface area (Å²) in [5, 5.41) is 10.5. The summed E-state index contributed by atoms with van der Waals surface area (Å²) in [6.07, 6.45) is 1.23. The number of aliphatic carboxylic acids is 1. The topological polar surface area (TPSA) is 107 Å². The SMILES string of the molecule is COc1ccc(C(OCc2ccc(-c3ccc(COC(=O)CCC(=O)[O-])cc3)nc2)(c2ccccc2)c2ccc(OC)cc2)cc1. The number of aromatic nitrogens is 1. The van der Waals surface area contributed by atoms with Crippen LogP contribution >= 0.6 is 0 Å². The molecule has 5 aromatic rings. The lowest BCUT2D eigenvalue weighted by atomic mass is 9.80. The van der Waals surface area contributed by atoms with Crippen molar-refractivity contribution in [3.05, 3.63) is 149 Å². The summed E-state index contributed by atoms with van der Waals surface area (Å²) < 4.78 is 23.0. The highest BCUT2D eigenvalue weighted by molar-refractivity contribution is 5.75. The second kappa shape index (κ2) is 15.0. The number of esters is 1. The number of carboxylic acids is 1. The van der Waals surface area contributed by atoms with Crippen molar-refractivity contribution in [1.29, 1.82) is 0 Å². The van der Waals surface area contributed by atoms with E-state index >= 15 is 0 Å².